The van der Waals surface area contributed by atoms with E-state index < -0.39 is 6.10 Å². The first-order valence-electron chi connectivity index (χ1n) is 7.09. The molecule has 3 N–H and O–H groups in total. The second-order valence-corrected chi connectivity index (χ2v) is 6.01. The van der Waals surface area contributed by atoms with Gasteiger partial charge in [0.15, 0.2) is 0 Å². The number of aliphatic hydroxyl groups is 3. The second-order valence-electron chi connectivity index (χ2n) is 6.01. The van der Waals surface area contributed by atoms with Crippen molar-refractivity contribution in [2.75, 3.05) is 6.61 Å². The average Bonchev–Trinajstić information content (AvgIpc) is 2.34. The van der Waals surface area contributed by atoms with E-state index in [2.05, 4.69) is 13.5 Å². The molecule has 18 heavy (non-hydrogen) atoms. The maximum atomic E-state index is 10.3. The molecule has 0 spiro atoms. The largest absolute Gasteiger partial charge is 0.396 e. The number of hydrogen-bond donors (Lipinski definition) is 3. The smallest absolute Gasteiger partial charge is 0.0608 e. The van der Waals surface area contributed by atoms with Gasteiger partial charge in [0.05, 0.1) is 12.2 Å². The Balaban J connectivity index is 2.74. The van der Waals surface area contributed by atoms with Gasteiger partial charge in [-0.1, -0.05) is 26.0 Å². The van der Waals surface area contributed by atoms with Gasteiger partial charge in [0.1, 0.15) is 0 Å². The zero-order valence-electron chi connectivity index (χ0n) is 11.7. The summed E-state index contributed by atoms with van der Waals surface area (Å²) in [6, 6.07) is 0. The van der Waals surface area contributed by atoms with Crippen molar-refractivity contribution in [1.82, 2.24) is 0 Å². The van der Waals surface area contributed by atoms with Gasteiger partial charge in [-0.05, 0) is 49.9 Å². The van der Waals surface area contributed by atoms with E-state index in [9.17, 15) is 15.3 Å². The first-order chi connectivity index (χ1) is 8.45. The molecule has 0 aromatic heterocycles. The fourth-order valence-electron chi connectivity index (χ4n) is 2.82. The molecule has 5 unspecified atom stereocenters. The highest BCUT2D eigenvalue weighted by Crippen LogP contribution is 2.31. The fraction of sp³-hybridized carbons (Fsp3) is 0.867. The number of rotatable bonds is 2. The predicted octanol–water partition coefficient (Wildman–Crippen LogP) is 2.11. The van der Waals surface area contributed by atoms with Crippen molar-refractivity contribution in [3.8, 4) is 0 Å². The van der Waals surface area contributed by atoms with Gasteiger partial charge in [-0.3, -0.25) is 0 Å². The van der Waals surface area contributed by atoms with E-state index in [-0.39, 0.29) is 30.5 Å². The molecule has 1 aliphatic carbocycles. The lowest BCUT2D eigenvalue weighted by Crippen LogP contribution is -2.31. The highest BCUT2D eigenvalue weighted by atomic mass is 16.3. The maximum Gasteiger partial charge on any atom is 0.0608 e. The Labute approximate surface area is 111 Å². The van der Waals surface area contributed by atoms with Crippen molar-refractivity contribution in [3.05, 3.63) is 12.2 Å². The van der Waals surface area contributed by atoms with Gasteiger partial charge in [-0.15, -0.1) is 0 Å². The Morgan fingerprint density at radius 3 is 2.50 bits per heavy atom. The Hall–Kier alpha value is -0.380. The van der Waals surface area contributed by atoms with E-state index in [1.54, 1.807) is 0 Å². The van der Waals surface area contributed by atoms with Crippen LogP contribution in [0.5, 0.6) is 0 Å². The summed E-state index contributed by atoms with van der Waals surface area (Å²) in [7, 11) is 0. The molecule has 0 aromatic carbocycles. The van der Waals surface area contributed by atoms with Crippen LogP contribution < -0.4 is 0 Å². The summed E-state index contributed by atoms with van der Waals surface area (Å²) in [6.07, 6.45) is 3.18. The number of aliphatic hydroxyl groups excluding tert-OH is 3. The molecular weight excluding hydrogens is 228 g/mol. The molecule has 0 aromatic rings. The van der Waals surface area contributed by atoms with Crippen LogP contribution in [-0.2, 0) is 0 Å². The summed E-state index contributed by atoms with van der Waals surface area (Å²) in [5.74, 6) is 0.438. The average molecular weight is 256 g/mol. The first kappa shape index (κ1) is 15.7. The van der Waals surface area contributed by atoms with Gasteiger partial charge in [-0.2, -0.15) is 0 Å². The van der Waals surface area contributed by atoms with Crippen LogP contribution >= 0.6 is 0 Å². The Morgan fingerprint density at radius 1 is 1.22 bits per heavy atom. The van der Waals surface area contributed by atoms with E-state index in [0.29, 0.717) is 6.42 Å². The monoisotopic (exact) mass is 256 g/mol. The van der Waals surface area contributed by atoms with Gasteiger partial charge in [-0.25, -0.2) is 0 Å². The van der Waals surface area contributed by atoms with Crippen molar-refractivity contribution in [1.29, 1.82) is 0 Å². The van der Waals surface area contributed by atoms with Gasteiger partial charge in [0.2, 0.25) is 0 Å². The Morgan fingerprint density at radius 2 is 1.89 bits per heavy atom. The quantitative estimate of drug-likeness (QED) is 0.663. The summed E-state index contributed by atoms with van der Waals surface area (Å²) in [4.78, 5) is 0. The van der Waals surface area contributed by atoms with Crippen LogP contribution in [0, 0.1) is 17.8 Å². The lowest BCUT2D eigenvalue weighted by atomic mass is 9.78. The topological polar surface area (TPSA) is 60.7 Å². The van der Waals surface area contributed by atoms with Crippen LogP contribution in [-0.4, -0.2) is 34.1 Å². The van der Waals surface area contributed by atoms with Crippen LogP contribution in [0.3, 0.4) is 0 Å². The third-order valence-electron chi connectivity index (χ3n) is 4.42. The third kappa shape index (κ3) is 4.38. The molecule has 3 heteroatoms. The summed E-state index contributed by atoms with van der Waals surface area (Å²) in [6.45, 7) is 8.12. The highest BCUT2D eigenvalue weighted by Gasteiger charge is 2.28. The van der Waals surface area contributed by atoms with E-state index in [1.165, 1.54) is 0 Å². The minimum absolute atomic E-state index is 0.0940. The lowest BCUT2D eigenvalue weighted by molar-refractivity contribution is 0.0322. The SMILES string of the molecule is C=C1CCC(O)C(C)CCC(C(C)CO)C(O)C1. The lowest BCUT2D eigenvalue weighted by Gasteiger charge is -2.31. The molecular formula is C15H28O3. The van der Waals surface area contributed by atoms with Crippen LogP contribution in [0.15, 0.2) is 12.2 Å². The molecule has 1 saturated carbocycles. The summed E-state index contributed by atoms with van der Waals surface area (Å²) in [5, 5.41) is 29.6. The summed E-state index contributed by atoms with van der Waals surface area (Å²) in [5.41, 5.74) is 1.01. The fourth-order valence-corrected chi connectivity index (χ4v) is 2.82. The molecule has 0 heterocycles. The molecule has 1 rings (SSSR count). The minimum Gasteiger partial charge on any atom is -0.396 e. The molecule has 0 amide bonds. The Kier molecular flexibility index (Phi) is 6.33. The number of hydrogen-bond acceptors (Lipinski definition) is 3. The molecule has 3 nitrogen and oxygen atoms in total. The van der Waals surface area contributed by atoms with Crippen LogP contribution in [0.2, 0.25) is 0 Å². The maximum absolute atomic E-state index is 10.3. The van der Waals surface area contributed by atoms with Crippen LogP contribution in [0.1, 0.15) is 46.0 Å². The van der Waals surface area contributed by atoms with Gasteiger partial charge < -0.3 is 15.3 Å². The third-order valence-corrected chi connectivity index (χ3v) is 4.42. The van der Waals surface area contributed by atoms with Crippen molar-refractivity contribution in [2.24, 2.45) is 17.8 Å². The van der Waals surface area contributed by atoms with Gasteiger partial charge in [0.25, 0.3) is 0 Å². The molecule has 1 aliphatic rings. The van der Waals surface area contributed by atoms with E-state index >= 15 is 0 Å². The van der Waals surface area contributed by atoms with E-state index in [0.717, 1.165) is 31.3 Å². The predicted molar refractivity (Wildman–Crippen MR) is 73.1 cm³/mol. The van der Waals surface area contributed by atoms with Crippen LogP contribution in [0.4, 0.5) is 0 Å². The van der Waals surface area contributed by atoms with Crippen molar-refractivity contribution >= 4 is 0 Å². The molecule has 5 atom stereocenters. The molecule has 0 aliphatic heterocycles. The van der Waals surface area contributed by atoms with Crippen molar-refractivity contribution < 1.29 is 15.3 Å². The molecule has 0 bridgehead atoms. The van der Waals surface area contributed by atoms with Gasteiger partial charge in [0, 0.05) is 6.61 Å². The molecule has 106 valence electrons. The molecule has 0 saturated heterocycles. The van der Waals surface area contributed by atoms with Gasteiger partial charge >= 0.3 is 0 Å². The first-order valence-corrected chi connectivity index (χ1v) is 7.09. The zero-order chi connectivity index (χ0) is 13.7. The minimum atomic E-state index is -0.415. The zero-order valence-corrected chi connectivity index (χ0v) is 11.7. The van der Waals surface area contributed by atoms with Crippen LogP contribution in [0.25, 0.3) is 0 Å². The normalized spacial score (nSPS) is 37.3. The summed E-state index contributed by atoms with van der Waals surface area (Å²) < 4.78 is 0. The molecule has 1 fully saturated rings. The van der Waals surface area contributed by atoms with Crippen molar-refractivity contribution in [3.63, 3.8) is 0 Å². The highest BCUT2D eigenvalue weighted by molar-refractivity contribution is 4.99. The Bertz CT molecular complexity index is 264. The van der Waals surface area contributed by atoms with Crippen molar-refractivity contribution in [2.45, 2.75) is 58.2 Å². The van der Waals surface area contributed by atoms with E-state index in [4.69, 9.17) is 0 Å². The molecule has 0 radical (unpaired) electrons. The standard InChI is InChI=1S/C15H28O3/c1-10-4-7-14(17)11(2)5-6-13(12(3)9-16)15(18)8-10/h11-18H,1,4-9H2,2-3H3. The summed E-state index contributed by atoms with van der Waals surface area (Å²) >= 11 is 0. The van der Waals surface area contributed by atoms with E-state index in [1.807, 2.05) is 6.92 Å². The second kappa shape index (κ2) is 7.27.